The lowest BCUT2D eigenvalue weighted by molar-refractivity contribution is -0.138. The molecule has 0 bridgehead atoms. The van der Waals surface area contributed by atoms with Gasteiger partial charge in [0, 0.05) is 18.4 Å². The van der Waals surface area contributed by atoms with Crippen LogP contribution < -0.4 is 10.6 Å². The van der Waals surface area contributed by atoms with Crippen molar-refractivity contribution >= 4 is 18.0 Å². The van der Waals surface area contributed by atoms with Crippen LogP contribution in [0.1, 0.15) is 56.6 Å². The molecule has 2 aliphatic rings. The van der Waals surface area contributed by atoms with E-state index in [0.717, 1.165) is 35.1 Å². The van der Waals surface area contributed by atoms with Crippen molar-refractivity contribution in [1.29, 1.82) is 0 Å². The van der Waals surface area contributed by atoms with Gasteiger partial charge in [-0.15, -0.1) is 0 Å². The van der Waals surface area contributed by atoms with Crippen molar-refractivity contribution < 1.29 is 24.2 Å². The first-order valence-electron chi connectivity index (χ1n) is 11.4. The van der Waals surface area contributed by atoms with E-state index in [2.05, 4.69) is 34.9 Å². The molecule has 1 saturated carbocycles. The molecule has 33 heavy (non-hydrogen) atoms. The number of aliphatic carboxylic acids is 1. The first-order chi connectivity index (χ1) is 15.7. The number of alkyl carbamates (subject to hydrolysis) is 1. The molecule has 2 unspecified atom stereocenters. The van der Waals surface area contributed by atoms with Crippen molar-refractivity contribution in [3.63, 3.8) is 0 Å². The zero-order valence-corrected chi connectivity index (χ0v) is 19.0. The number of hydrogen-bond donors (Lipinski definition) is 3. The van der Waals surface area contributed by atoms with Gasteiger partial charge in [0.2, 0.25) is 5.91 Å². The summed E-state index contributed by atoms with van der Waals surface area (Å²) in [5, 5.41) is 14.6. The lowest BCUT2D eigenvalue weighted by atomic mass is 9.98. The third-order valence-corrected chi connectivity index (χ3v) is 6.67. The molecule has 2 atom stereocenters. The summed E-state index contributed by atoms with van der Waals surface area (Å²) in [4.78, 5) is 36.3. The van der Waals surface area contributed by atoms with Crippen molar-refractivity contribution in [3.8, 4) is 11.1 Å². The molecule has 0 heterocycles. The van der Waals surface area contributed by atoms with Crippen LogP contribution in [0.4, 0.5) is 4.79 Å². The van der Waals surface area contributed by atoms with E-state index in [1.807, 2.05) is 24.3 Å². The van der Waals surface area contributed by atoms with Crippen LogP contribution in [0.15, 0.2) is 48.5 Å². The van der Waals surface area contributed by atoms with E-state index in [-0.39, 0.29) is 36.8 Å². The molecule has 0 aromatic heterocycles. The number of rotatable bonds is 7. The highest BCUT2D eigenvalue weighted by atomic mass is 16.5. The maximum absolute atomic E-state index is 12.8. The molecule has 2 aromatic carbocycles. The average Bonchev–Trinajstić information content (AvgIpc) is 3.33. The molecule has 7 heteroatoms. The Morgan fingerprint density at radius 2 is 1.61 bits per heavy atom. The molecule has 4 rings (SSSR count). The number of nitrogens with one attached hydrogen (secondary N) is 2. The van der Waals surface area contributed by atoms with Gasteiger partial charge >= 0.3 is 12.1 Å². The van der Waals surface area contributed by atoms with Crippen LogP contribution in [-0.2, 0) is 14.3 Å². The second-order valence-corrected chi connectivity index (χ2v) is 9.52. The fourth-order valence-corrected chi connectivity index (χ4v) is 4.95. The highest BCUT2D eigenvalue weighted by Crippen LogP contribution is 2.44. The number of amides is 2. The van der Waals surface area contributed by atoms with Crippen LogP contribution in [0.5, 0.6) is 0 Å². The van der Waals surface area contributed by atoms with Crippen molar-refractivity contribution in [3.05, 3.63) is 59.7 Å². The first kappa shape index (κ1) is 22.8. The van der Waals surface area contributed by atoms with Gasteiger partial charge < -0.3 is 20.5 Å². The number of fused-ring (bicyclic) bond motifs is 3. The Balaban J connectivity index is 1.32. The van der Waals surface area contributed by atoms with Gasteiger partial charge in [0.25, 0.3) is 0 Å². The summed E-state index contributed by atoms with van der Waals surface area (Å²) in [6.07, 6.45) is 1.63. The van der Waals surface area contributed by atoms with Gasteiger partial charge in [-0.05, 0) is 61.3 Å². The SMILES string of the molecule is CC(C)(NC(=O)OCC1c2ccccc2-c2ccccc21)C(=O)NC1CCC(CC(=O)O)C1. The predicted octanol–water partition coefficient (Wildman–Crippen LogP) is 4.06. The minimum atomic E-state index is -1.16. The van der Waals surface area contributed by atoms with E-state index in [1.165, 1.54) is 0 Å². The summed E-state index contributed by atoms with van der Waals surface area (Å²) < 4.78 is 5.56. The number of benzene rings is 2. The van der Waals surface area contributed by atoms with Crippen molar-refractivity contribution in [2.75, 3.05) is 6.61 Å². The molecule has 3 N–H and O–H groups in total. The average molecular weight is 451 g/mol. The van der Waals surface area contributed by atoms with Gasteiger partial charge in [-0.25, -0.2) is 4.79 Å². The number of carbonyl (C=O) groups is 3. The molecule has 0 aliphatic heterocycles. The number of carboxylic acids is 1. The summed E-state index contributed by atoms with van der Waals surface area (Å²) >= 11 is 0. The third-order valence-electron chi connectivity index (χ3n) is 6.67. The summed E-state index contributed by atoms with van der Waals surface area (Å²) in [5.41, 5.74) is 3.40. The molecule has 174 valence electrons. The van der Waals surface area contributed by atoms with Crippen LogP contribution in [0.3, 0.4) is 0 Å². The topological polar surface area (TPSA) is 105 Å². The Bertz CT molecular complexity index is 1020. The van der Waals surface area contributed by atoms with Crippen molar-refractivity contribution in [2.45, 2.75) is 57.0 Å². The van der Waals surface area contributed by atoms with Crippen molar-refractivity contribution in [2.24, 2.45) is 5.92 Å². The highest BCUT2D eigenvalue weighted by Gasteiger charge is 2.35. The Hall–Kier alpha value is -3.35. The smallest absolute Gasteiger partial charge is 0.408 e. The zero-order chi connectivity index (χ0) is 23.6. The summed E-state index contributed by atoms with van der Waals surface area (Å²) in [5.74, 6) is -1.10. The molecule has 7 nitrogen and oxygen atoms in total. The second-order valence-electron chi connectivity index (χ2n) is 9.52. The second kappa shape index (κ2) is 9.25. The lowest BCUT2D eigenvalue weighted by Crippen LogP contribution is -2.56. The Kier molecular flexibility index (Phi) is 6.40. The number of ether oxygens (including phenoxy) is 1. The van der Waals surface area contributed by atoms with E-state index in [9.17, 15) is 14.4 Å². The minimum absolute atomic E-state index is 0.0512. The molecule has 2 aromatic rings. The van der Waals surface area contributed by atoms with Gasteiger partial charge in [-0.1, -0.05) is 48.5 Å². The Morgan fingerprint density at radius 1 is 1.00 bits per heavy atom. The quantitative estimate of drug-likeness (QED) is 0.590. The predicted molar refractivity (Wildman–Crippen MR) is 124 cm³/mol. The summed E-state index contributed by atoms with van der Waals surface area (Å²) in [6, 6.07) is 16.1. The van der Waals surface area contributed by atoms with Crippen LogP contribution in [0, 0.1) is 5.92 Å². The Morgan fingerprint density at radius 3 is 2.21 bits per heavy atom. The maximum atomic E-state index is 12.8. The summed E-state index contributed by atoms with van der Waals surface area (Å²) in [6.45, 7) is 3.44. The highest BCUT2D eigenvalue weighted by molar-refractivity contribution is 5.89. The first-order valence-corrected chi connectivity index (χ1v) is 11.4. The lowest BCUT2D eigenvalue weighted by Gasteiger charge is -2.27. The van der Waals surface area contributed by atoms with E-state index in [0.29, 0.717) is 6.42 Å². The molecule has 0 saturated heterocycles. The molecule has 1 fully saturated rings. The molecule has 2 aliphatic carbocycles. The number of carboxylic acid groups (broad SMARTS) is 1. The van der Waals surface area contributed by atoms with Crippen LogP contribution in [-0.4, -0.2) is 41.3 Å². The summed E-state index contributed by atoms with van der Waals surface area (Å²) in [7, 11) is 0. The van der Waals surface area contributed by atoms with E-state index < -0.39 is 17.6 Å². The van der Waals surface area contributed by atoms with Gasteiger partial charge in [0.15, 0.2) is 0 Å². The molecule has 2 amide bonds. The fourth-order valence-electron chi connectivity index (χ4n) is 4.95. The fraction of sp³-hybridized carbons (Fsp3) is 0.423. The van der Waals surface area contributed by atoms with Crippen LogP contribution in [0.25, 0.3) is 11.1 Å². The standard InChI is InChI=1S/C26H30N2O5/c1-26(2,24(31)27-17-12-11-16(13-17)14-23(29)30)28-25(32)33-15-22-20-9-5-3-7-18(20)19-8-4-6-10-21(19)22/h3-10,16-17,22H,11-15H2,1-2H3,(H,27,31)(H,28,32)(H,29,30). The van der Waals surface area contributed by atoms with E-state index >= 15 is 0 Å². The van der Waals surface area contributed by atoms with E-state index in [1.54, 1.807) is 13.8 Å². The molecule has 0 spiro atoms. The number of carbonyl (C=O) groups excluding carboxylic acids is 2. The maximum Gasteiger partial charge on any atom is 0.408 e. The van der Waals surface area contributed by atoms with Gasteiger partial charge in [-0.2, -0.15) is 0 Å². The zero-order valence-electron chi connectivity index (χ0n) is 19.0. The third kappa shape index (κ3) is 5.02. The molecular weight excluding hydrogens is 420 g/mol. The monoisotopic (exact) mass is 450 g/mol. The van der Waals surface area contributed by atoms with Crippen LogP contribution in [0.2, 0.25) is 0 Å². The van der Waals surface area contributed by atoms with Gasteiger partial charge in [0.1, 0.15) is 12.1 Å². The van der Waals surface area contributed by atoms with Gasteiger partial charge in [0.05, 0.1) is 0 Å². The normalized spacial score (nSPS) is 19.5. The van der Waals surface area contributed by atoms with Gasteiger partial charge in [-0.3, -0.25) is 9.59 Å². The van der Waals surface area contributed by atoms with Crippen LogP contribution >= 0.6 is 0 Å². The molecule has 0 radical (unpaired) electrons. The number of hydrogen-bond acceptors (Lipinski definition) is 4. The Labute approximate surface area is 193 Å². The van der Waals surface area contributed by atoms with E-state index in [4.69, 9.17) is 9.84 Å². The molecular formula is C26H30N2O5. The minimum Gasteiger partial charge on any atom is -0.481 e. The largest absolute Gasteiger partial charge is 0.481 e. The van der Waals surface area contributed by atoms with Crippen molar-refractivity contribution in [1.82, 2.24) is 10.6 Å².